The molecule has 0 heterocycles. The maximum Gasteiger partial charge on any atom is 0.203 e. The van der Waals surface area contributed by atoms with Crippen molar-refractivity contribution in [1.29, 1.82) is 0 Å². The van der Waals surface area contributed by atoms with Crippen LogP contribution in [0.5, 0.6) is 17.2 Å². The SMILES string of the molecule is CCC(CS(=O)(=O)c1ccccc1)NC(=NC)NCc1cc(OC)c(OC)c(OC)c1.I. The van der Waals surface area contributed by atoms with Gasteiger partial charge in [-0.25, -0.2) is 8.42 Å². The topological polar surface area (TPSA) is 98.3 Å². The van der Waals surface area contributed by atoms with E-state index in [0.29, 0.717) is 41.1 Å². The molecule has 0 aliphatic carbocycles. The van der Waals surface area contributed by atoms with Gasteiger partial charge in [0, 0.05) is 19.6 Å². The molecule has 2 aromatic carbocycles. The Morgan fingerprint density at radius 2 is 1.62 bits per heavy atom. The molecule has 178 valence electrons. The molecule has 1 unspecified atom stereocenters. The molecule has 0 saturated heterocycles. The number of methoxy groups -OCH3 is 3. The normalized spacial score (nSPS) is 12.3. The minimum Gasteiger partial charge on any atom is -0.493 e. The molecular formula is C22H32IN3O5S. The largest absolute Gasteiger partial charge is 0.493 e. The Kier molecular flexibility index (Phi) is 11.6. The van der Waals surface area contributed by atoms with Gasteiger partial charge in [-0.15, -0.1) is 24.0 Å². The Hall–Kier alpha value is -2.21. The predicted molar refractivity (Wildman–Crippen MR) is 137 cm³/mol. The molecule has 32 heavy (non-hydrogen) atoms. The minimum absolute atomic E-state index is 0. The summed E-state index contributed by atoms with van der Waals surface area (Å²) in [6.45, 7) is 2.36. The van der Waals surface area contributed by atoms with Gasteiger partial charge in [0.25, 0.3) is 0 Å². The van der Waals surface area contributed by atoms with E-state index in [1.807, 2.05) is 19.1 Å². The molecule has 2 aromatic rings. The summed E-state index contributed by atoms with van der Waals surface area (Å²) < 4.78 is 41.5. The standard InChI is InChI=1S/C22H31N3O5S.HI/c1-6-17(15-31(26,27)18-10-8-7-9-11-18)25-22(23-2)24-14-16-12-19(28-3)21(30-5)20(13-16)29-4;/h7-13,17H,6,14-15H2,1-5H3,(H2,23,24,25);1H. The van der Waals surface area contributed by atoms with Crippen LogP contribution in [0.1, 0.15) is 18.9 Å². The molecule has 0 aliphatic heterocycles. The lowest BCUT2D eigenvalue weighted by atomic mass is 10.2. The summed E-state index contributed by atoms with van der Waals surface area (Å²) in [6, 6.07) is 11.9. The van der Waals surface area contributed by atoms with Gasteiger partial charge in [0.15, 0.2) is 27.3 Å². The van der Waals surface area contributed by atoms with Crippen molar-refractivity contribution in [2.45, 2.75) is 30.8 Å². The molecule has 0 aliphatic rings. The molecule has 0 spiro atoms. The number of aliphatic imine (C=N–C) groups is 1. The maximum atomic E-state index is 12.7. The first-order chi connectivity index (χ1) is 14.9. The highest BCUT2D eigenvalue weighted by atomic mass is 127. The van der Waals surface area contributed by atoms with Crippen LogP contribution >= 0.6 is 24.0 Å². The average molecular weight is 577 g/mol. The molecule has 0 bridgehead atoms. The van der Waals surface area contributed by atoms with Crippen LogP contribution in [0.4, 0.5) is 0 Å². The number of nitrogens with one attached hydrogen (secondary N) is 2. The molecule has 0 amide bonds. The molecular weight excluding hydrogens is 545 g/mol. The number of hydrogen-bond donors (Lipinski definition) is 2. The van der Waals surface area contributed by atoms with Crippen molar-refractivity contribution in [3.63, 3.8) is 0 Å². The van der Waals surface area contributed by atoms with E-state index in [0.717, 1.165) is 5.56 Å². The lowest BCUT2D eigenvalue weighted by Gasteiger charge is -2.21. The summed E-state index contributed by atoms with van der Waals surface area (Å²) >= 11 is 0. The highest BCUT2D eigenvalue weighted by Gasteiger charge is 2.21. The van der Waals surface area contributed by atoms with Crippen molar-refractivity contribution < 1.29 is 22.6 Å². The highest BCUT2D eigenvalue weighted by molar-refractivity contribution is 14.0. The first-order valence-corrected chi connectivity index (χ1v) is 11.6. The maximum absolute atomic E-state index is 12.7. The van der Waals surface area contributed by atoms with Crippen LogP contribution in [0.2, 0.25) is 0 Å². The molecule has 2 N–H and O–H groups in total. The Morgan fingerprint density at radius 3 is 2.09 bits per heavy atom. The molecule has 2 rings (SSSR count). The van der Waals surface area contributed by atoms with Crippen molar-refractivity contribution in [3.05, 3.63) is 48.0 Å². The molecule has 0 fully saturated rings. The summed E-state index contributed by atoms with van der Waals surface area (Å²) in [4.78, 5) is 4.54. The number of halogens is 1. The average Bonchev–Trinajstić information content (AvgIpc) is 2.80. The number of rotatable bonds is 10. The van der Waals surface area contributed by atoms with E-state index < -0.39 is 9.84 Å². The van der Waals surface area contributed by atoms with Gasteiger partial charge in [-0.2, -0.15) is 0 Å². The van der Waals surface area contributed by atoms with Gasteiger partial charge in [-0.1, -0.05) is 25.1 Å². The van der Waals surface area contributed by atoms with E-state index in [1.165, 1.54) is 0 Å². The summed E-state index contributed by atoms with van der Waals surface area (Å²) in [7, 11) is 2.91. The third-order valence-corrected chi connectivity index (χ3v) is 6.60. The summed E-state index contributed by atoms with van der Waals surface area (Å²) in [5, 5.41) is 6.41. The number of benzene rings is 2. The van der Waals surface area contributed by atoms with E-state index in [4.69, 9.17) is 14.2 Å². The van der Waals surface area contributed by atoms with Crippen LogP contribution in [0.3, 0.4) is 0 Å². The highest BCUT2D eigenvalue weighted by Crippen LogP contribution is 2.38. The second-order valence-electron chi connectivity index (χ2n) is 6.80. The van der Waals surface area contributed by atoms with E-state index in [2.05, 4.69) is 15.6 Å². The lowest BCUT2D eigenvalue weighted by molar-refractivity contribution is 0.323. The number of nitrogens with zero attached hydrogens (tertiary/aromatic N) is 1. The quantitative estimate of drug-likeness (QED) is 0.254. The van der Waals surface area contributed by atoms with E-state index in [-0.39, 0.29) is 35.8 Å². The van der Waals surface area contributed by atoms with Crippen molar-refractivity contribution >= 4 is 39.8 Å². The smallest absolute Gasteiger partial charge is 0.203 e. The van der Waals surface area contributed by atoms with Crippen LogP contribution in [-0.2, 0) is 16.4 Å². The lowest BCUT2D eigenvalue weighted by Crippen LogP contribution is -2.45. The van der Waals surface area contributed by atoms with E-state index >= 15 is 0 Å². The fourth-order valence-corrected chi connectivity index (χ4v) is 4.67. The Balaban J connectivity index is 0.00000512. The molecule has 8 nitrogen and oxygen atoms in total. The summed E-state index contributed by atoms with van der Waals surface area (Å²) in [5.41, 5.74) is 0.891. The van der Waals surface area contributed by atoms with Crippen molar-refractivity contribution in [3.8, 4) is 17.2 Å². The van der Waals surface area contributed by atoms with Gasteiger partial charge in [0.2, 0.25) is 5.75 Å². The van der Waals surface area contributed by atoms with Gasteiger partial charge in [0.05, 0.1) is 32.0 Å². The molecule has 0 saturated carbocycles. The third-order valence-electron chi connectivity index (χ3n) is 4.76. The zero-order valence-electron chi connectivity index (χ0n) is 19.0. The van der Waals surface area contributed by atoms with E-state index in [1.54, 1.807) is 58.7 Å². The predicted octanol–water partition coefficient (Wildman–Crippen LogP) is 3.25. The second-order valence-corrected chi connectivity index (χ2v) is 8.84. The van der Waals surface area contributed by atoms with Gasteiger partial charge in [-0.05, 0) is 36.2 Å². The van der Waals surface area contributed by atoms with Crippen LogP contribution in [0, 0.1) is 0 Å². The molecule has 0 aromatic heterocycles. The number of sulfone groups is 1. The fourth-order valence-electron chi connectivity index (χ4n) is 3.06. The van der Waals surface area contributed by atoms with Gasteiger partial charge in [-0.3, -0.25) is 4.99 Å². The Labute approximate surface area is 207 Å². The van der Waals surface area contributed by atoms with Gasteiger partial charge >= 0.3 is 0 Å². The second kappa shape index (κ2) is 13.4. The van der Waals surface area contributed by atoms with Crippen LogP contribution < -0.4 is 24.8 Å². The third kappa shape index (κ3) is 7.44. The van der Waals surface area contributed by atoms with E-state index in [9.17, 15) is 8.42 Å². The van der Waals surface area contributed by atoms with Crippen LogP contribution in [0.15, 0.2) is 52.4 Å². The number of guanidine groups is 1. The minimum atomic E-state index is -3.41. The summed E-state index contributed by atoms with van der Waals surface area (Å²) in [6.07, 6.45) is 0.622. The van der Waals surface area contributed by atoms with Gasteiger partial charge < -0.3 is 24.8 Å². The first-order valence-electron chi connectivity index (χ1n) is 9.92. The molecule has 10 heteroatoms. The summed E-state index contributed by atoms with van der Waals surface area (Å²) in [5.74, 6) is 2.11. The van der Waals surface area contributed by atoms with Crippen molar-refractivity contribution in [2.75, 3.05) is 34.1 Å². The zero-order valence-corrected chi connectivity index (χ0v) is 22.2. The number of hydrogen-bond acceptors (Lipinski definition) is 6. The van der Waals surface area contributed by atoms with Crippen LogP contribution in [-0.4, -0.2) is 54.5 Å². The zero-order chi connectivity index (χ0) is 22.9. The Bertz CT molecular complexity index is 959. The molecule has 0 radical (unpaired) electrons. The van der Waals surface area contributed by atoms with Crippen molar-refractivity contribution in [2.24, 2.45) is 4.99 Å². The van der Waals surface area contributed by atoms with Gasteiger partial charge in [0.1, 0.15) is 0 Å². The molecule has 1 atom stereocenters. The number of ether oxygens (including phenoxy) is 3. The fraction of sp³-hybridized carbons (Fsp3) is 0.409. The first kappa shape index (κ1) is 27.8. The van der Waals surface area contributed by atoms with Crippen LogP contribution in [0.25, 0.3) is 0 Å². The van der Waals surface area contributed by atoms with Crippen molar-refractivity contribution in [1.82, 2.24) is 10.6 Å². The monoisotopic (exact) mass is 577 g/mol. The Morgan fingerprint density at radius 1 is 1.03 bits per heavy atom.